The molecule has 270 valence electrons. The Morgan fingerprint density at radius 3 is 1.94 bits per heavy atom. The average Bonchev–Trinajstić information content (AvgIpc) is 3.08. The Bertz CT molecular complexity index is 2010. The molecule has 0 aliphatic carbocycles. The van der Waals surface area contributed by atoms with Gasteiger partial charge in [0.1, 0.15) is 5.60 Å². The number of carbonyl (C=O) groups is 2. The minimum Gasteiger partial charge on any atom is -0.462 e. The second-order valence-corrected chi connectivity index (χ2v) is 14.7. The van der Waals surface area contributed by atoms with Gasteiger partial charge in [0.05, 0.1) is 18.8 Å². The van der Waals surface area contributed by atoms with Crippen molar-refractivity contribution in [1.29, 1.82) is 0 Å². The summed E-state index contributed by atoms with van der Waals surface area (Å²) in [7, 11) is 0. The van der Waals surface area contributed by atoms with Crippen LogP contribution in [0.3, 0.4) is 0 Å². The third-order valence-corrected chi connectivity index (χ3v) is 9.38. The Morgan fingerprint density at radius 2 is 1.31 bits per heavy atom. The number of fused-ring (bicyclic) bond motifs is 5. The van der Waals surface area contributed by atoms with Crippen molar-refractivity contribution in [3.8, 4) is 0 Å². The Balaban J connectivity index is 1.42. The highest BCUT2D eigenvalue weighted by atomic mass is 16.6. The SMILES string of the molecule is CCCCCCCCCCOC(=O)c1cc(NCc2cc3cc(CO)c4cccc(C)c4c3c3c(C)cccc23)cc(NC(=O)OC(C)(C)C)c1. The van der Waals surface area contributed by atoms with Crippen LogP contribution in [0.2, 0.25) is 0 Å². The summed E-state index contributed by atoms with van der Waals surface area (Å²) in [6, 6.07) is 22.1. The molecule has 7 heteroatoms. The summed E-state index contributed by atoms with van der Waals surface area (Å²) < 4.78 is 11.2. The molecule has 51 heavy (non-hydrogen) atoms. The second-order valence-electron chi connectivity index (χ2n) is 14.7. The maximum Gasteiger partial charge on any atom is 0.412 e. The van der Waals surface area contributed by atoms with Crippen molar-refractivity contribution >= 4 is 55.8 Å². The van der Waals surface area contributed by atoms with Gasteiger partial charge in [-0.15, -0.1) is 0 Å². The van der Waals surface area contributed by atoms with Gasteiger partial charge in [0.25, 0.3) is 0 Å². The van der Waals surface area contributed by atoms with Crippen molar-refractivity contribution in [3.05, 3.63) is 94.5 Å². The van der Waals surface area contributed by atoms with Gasteiger partial charge in [0.2, 0.25) is 0 Å². The third-order valence-electron chi connectivity index (χ3n) is 9.38. The predicted molar refractivity (Wildman–Crippen MR) is 211 cm³/mol. The molecule has 3 N–H and O–H groups in total. The zero-order valence-electron chi connectivity index (χ0n) is 31.2. The van der Waals surface area contributed by atoms with E-state index in [0.717, 1.165) is 51.9 Å². The minimum atomic E-state index is -0.674. The van der Waals surface area contributed by atoms with Gasteiger partial charge >= 0.3 is 12.1 Å². The first-order valence-electron chi connectivity index (χ1n) is 18.5. The molecule has 0 radical (unpaired) electrons. The highest BCUT2D eigenvalue weighted by Crippen LogP contribution is 2.39. The van der Waals surface area contributed by atoms with E-state index in [2.05, 4.69) is 73.9 Å². The van der Waals surface area contributed by atoms with Crippen LogP contribution in [0.5, 0.6) is 0 Å². The number of benzene rings is 5. The molecule has 0 spiro atoms. The highest BCUT2D eigenvalue weighted by molar-refractivity contribution is 6.23. The van der Waals surface area contributed by atoms with Crippen LogP contribution in [0.1, 0.15) is 112 Å². The number of nitrogens with one attached hydrogen (secondary N) is 2. The molecule has 1 amide bonds. The molecule has 0 heterocycles. The standard InChI is InChI=1S/C44H54N2O5/c1-7-8-9-10-11-12-13-14-21-50-42(48)32-24-35(26-36(25-32)46-43(49)51-44(4,5)6)45-27-33-22-31-23-34(28-47)38-20-16-18-30(3)40(38)41(31)39-29(2)17-15-19-37(33)39/h15-20,22-26,45,47H,7-14,21,27-28H2,1-6H3,(H,46,49). The molecule has 0 unspecified atom stereocenters. The number of hydrogen-bond acceptors (Lipinski definition) is 6. The fourth-order valence-corrected chi connectivity index (χ4v) is 6.96. The number of aliphatic hydroxyl groups excluding tert-OH is 1. The summed E-state index contributed by atoms with van der Waals surface area (Å²) >= 11 is 0. The van der Waals surface area contributed by atoms with Crippen LogP contribution in [0.15, 0.2) is 66.7 Å². The van der Waals surface area contributed by atoms with E-state index in [4.69, 9.17) is 9.47 Å². The van der Waals surface area contributed by atoms with E-state index < -0.39 is 17.7 Å². The smallest absolute Gasteiger partial charge is 0.412 e. The fraction of sp³-hybridized carbons (Fsp3) is 0.409. The van der Waals surface area contributed by atoms with Crippen LogP contribution in [0, 0.1) is 13.8 Å². The Hall–Kier alpha value is -4.62. The zero-order chi connectivity index (χ0) is 36.5. The van der Waals surface area contributed by atoms with E-state index in [9.17, 15) is 14.7 Å². The molecule has 0 atom stereocenters. The van der Waals surface area contributed by atoms with E-state index in [1.165, 1.54) is 54.0 Å². The molecule has 0 fully saturated rings. The van der Waals surface area contributed by atoms with Gasteiger partial charge in [-0.25, -0.2) is 9.59 Å². The van der Waals surface area contributed by atoms with E-state index in [1.807, 2.05) is 26.8 Å². The first-order chi connectivity index (χ1) is 24.5. The predicted octanol–water partition coefficient (Wildman–Crippen LogP) is 11.5. The van der Waals surface area contributed by atoms with Gasteiger partial charge in [-0.2, -0.15) is 0 Å². The lowest BCUT2D eigenvalue weighted by atomic mass is 9.88. The van der Waals surface area contributed by atoms with Gasteiger partial charge < -0.3 is 19.9 Å². The number of rotatable bonds is 15. The number of anilines is 2. The number of hydrogen-bond donors (Lipinski definition) is 3. The summed E-state index contributed by atoms with van der Waals surface area (Å²) in [4.78, 5) is 26.0. The summed E-state index contributed by atoms with van der Waals surface area (Å²) in [6.45, 7) is 12.7. The van der Waals surface area contributed by atoms with E-state index in [0.29, 0.717) is 30.1 Å². The topological polar surface area (TPSA) is 96.9 Å². The van der Waals surface area contributed by atoms with Gasteiger partial charge in [-0.05, 0) is 126 Å². The lowest BCUT2D eigenvalue weighted by Crippen LogP contribution is -2.27. The van der Waals surface area contributed by atoms with Gasteiger partial charge in [-0.3, -0.25) is 5.32 Å². The molecule has 0 bridgehead atoms. The van der Waals surface area contributed by atoms with Crippen molar-refractivity contribution in [2.45, 2.75) is 112 Å². The number of unbranched alkanes of at least 4 members (excludes halogenated alkanes) is 7. The van der Waals surface area contributed by atoms with Gasteiger partial charge in [-0.1, -0.05) is 88.3 Å². The van der Waals surface area contributed by atoms with Crippen LogP contribution < -0.4 is 10.6 Å². The normalized spacial score (nSPS) is 11.7. The van der Waals surface area contributed by atoms with E-state index in [1.54, 1.807) is 18.2 Å². The lowest BCUT2D eigenvalue weighted by Gasteiger charge is -2.20. The zero-order valence-corrected chi connectivity index (χ0v) is 31.2. The molecule has 0 aliphatic heterocycles. The molecular formula is C44H54N2O5. The largest absolute Gasteiger partial charge is 0.462 e. The van der Waals surface area contributed by atoms with Crippen LogP contribution in [0.25, 0.3) is 32.3 Å². The van der Waals surface area contributed by atoms with Crippen LogP contribution >= 0.6 is 0 Å². The number of ether oxygens (including phenoxy) is 2. The summed E-state index contributed by atoms with van der Waals surface area (Å²) in [5.74, 6) is -0.431. The maximum atomic E-state index is 13.3. The van der Waals surface area contributed by atoms with Gasteiger partial charge in [0.15, 0.2) is 0 Å². The fourth-order valence-electron chi connectivity index (χ4n) is 6.96. The molecule has 0 saturated carbocycles. The third kappa shape index (κ3) is 9.59. The Morgan fingerprint density at radius 1 is 0.725 bits per heavy atom. The number of aliphatic hydroxyl groups is 1. The number of carbonyl (C=O) groups excluding carboxylic acids is 2. The monoisotopic (exact) mass is 690 g/mol. The minimum absolute atomic E-state index is 0.0509. The molecule has 0 saturated heterocycles. The second kappa shape index (κ2) is 17.1. The Labute approximate surface area is 302 Å². The van der Waals surface area contributed by atoms with Crippen molar-refractivity contribution in [1.82, 2.24) is 0 Å². The average molecular weight is 691 g/mol. The molecule has 7 nitrogen and oxygen atoms in total. The molecule has 5 rings (SSSR count). The van der Waals surface area contributed by atoms with E-state index in [-0.39, 0.29) is 6.61 Å². The Kier molecular flexibility index (Phi) is 12.6. The first kappa shape index (κ1) is 37.6. The molecule has 5 aromatic carbocycles. The summed E-state index contributed by atoms with van der Waals surface area (Å²) in [6.07, 6.45) is 8.68. The number of aryl methyl sites for hydroxylation is 2. The lowest BCUT2D eigenvalue weighted by molar-refractivity contribution is 0.0496. The molecule has 5 aromatic rings. The summed E-state index contributed by atoms with van der Waals surface area (Å²) in [5.41, 5.74) is 5.07. The highest BCUT2D eigenvalue weighted by Gasteiger charge is 2.19. The van der Waals surface area contributed by atoms with Crippen LogP contribution in [0.4, 0.5) is 16.2 Å². The quantitative estimate of drug-likeness (QED) is 0.0575. The first-order valence-corrected chi connectivity index (χ1v) is 18.5. The maximum absolute atomic E-state index is 13.3. The summed E-state index contributed by atoms with van der Waals surface area (Å²) in [5, 5.41) is 23.4. The number of amides is 1. The van der Waals surface area contributed by atoms with Gasteiger partial charge in [0, 0.05) is 17.9 Å². The number of esters is 1. The van der Waals surface area contributed by atoms with Crippen LogP contribution in [-0.4, -0.2) is 29.4 Å². The van der Waals surface area contributed by atoms with Crippen molar-refractivity contribution in [2.75, 3.05) is 17.2 Å². The van der Waals surface area contributed by atoms with Crippen molar-refractivity contribution in [3.63, 3.8) is 0 Å². The molecule has 0 aromatic heterocycles. The van der Waals surface area contributed by atoms with Crippen LogP contribution in [-0.2, 0) is 22.6 Å². The van der Waals surface area contributed by atoms with Crippen molar-refractivity contribution < 1.29 is 24.2 Å². The van der Waals surface area contributed by atoms with Crippen molar-refractivity contribution in [2.24, 2.45) is 0 Å². The van der Waals surface area contributed by atoms with E-state index >= 15 is 0 Å². The molecule has 0 aliphatic rings. The molecular weight excluding hydrogens is 636 g/mol.